The number of halogens is 1. The summed E-state index contributed by atoms with van der Waals surface area (Å²) in [6.07, 6.45) is 3.12. The van der Waals surface area contributed by atoms with E-state index in [4.69, 9.17) is 0 Å². The Bertz CT molecular complexity index is 482. The second-order valence-corrected chi connectivity index (χ2v) is 6.72. The monoisotopic (exact) mass is 345 g/mol. The van der Waals surface area contributed by atoms with E-state index in [1.54, 1.807) is 6.08 Å². The Kier molecular flexibility index (Phi) is 6.24. The normalized spacial score (nSPS) is 12.7. The third-order valence-corrected chi connectivity index (χ3v) is 4.00. The van der Waals surface area contributed by atoms with Crippen LogP contribution in [0.5, 0.6) is 0 Å². The van der Waals surface area contributed by atoms with Crippen molar-refractivity contribution in [2.24, 2.45) is 5.92 Å². The molecule has 0 aliphatic carbocycles. The Labute approximate surface area is 125 Å². The predicted octanol–water partition coefficient (Wildman–Crippen LogP) is 2.84. The molecule has 0 aliphatic heterocycles. The number of ether oxygens (including phenoxy) is 1. The van der Waals surface area contributed by atoms with Crippen LogP contribution in [0, 0.1) is 5.92 Å². The molecule has 6 heteroatoms. The summed E-state index contributed by atoms with van der Waals surface area (Å²) in [5.74, 6) is -0.773. The highest BCUT2D eigenvalue weighted by molar-refractivity contribution is 9.11. The van der Waals surface area contributed by atoms with Crippen molar-refractivity contribution < 1.29 is 14.3 Å². The van der Waals surface area contributed by atoms with Crippen molar-refractivity contribution in [1.29, 1.82) is 0 Å². The maximum atomic E-state index is 11.7. The van der Waals surface area contributed by atoms with E-state index in [9.17, 15) is 9.59 Å². The molecule has 4 nitrogen and oxygen atoms in total. The fraction of sp³-hybridized carbons (Fsp3) is 0.385. The molecule has 0 fully saturated rings. The molecule has 0 radical (unpaired) electrons. The van der Waals surface area contributed by atoms with Crippen LogP contribution in [-0.4, -0.2) is 25.0 Å². The van der Waals surface area contributed by atoms with Crippen LogP contribution in [-0.2, 0) is 14.3 Å². The van der Waals surface area contributed by atoms with Gasteiger partial charge in [0.05, 0.1) is 10.9 Å². The molecule has 1 aromatic rings. The number of thiophene rings is 1. The molecule has 104 valence electrons. The molecule has 0 aromatic carbocycles. The molecule has 0 saturated heterocycles. The number of hydrogen-bond acceptors (Lipinski definition) is 4. The zero-order valence-electron chi connectivity index (χ0n) is 11.0. The molecule has 0 saturated carbocycles. The summed E-state index contributed by atoms with van der Waals surface area (Å²) >= 11 is 4.87. The Morgan fingerprint density at radius 3 is 2.58 bits per heavy atom. The summed E-state index contributed by atoms with van der Waals surface area (Å²) < 4.78 is 5.66. The van der Waals surface area contributed by atoms with E-state index in [1.807, 2.05) is 26.0 Å². The largest absolute Gasteiger partial charge is 0.467 e. The van der Waals surface area contributed by atoms with Gasteiger partial charge in [-0.15, -0.1) is 11.3 Å². The lowest BCUT2D eigenvalue weighted by molar-refractivity contribution is -0.145. The van der Waals surface area contributed by atoms with Gasteiger partial charge in [0.15, 0.2) is 0 Å². The van der Waals surface area contributed by atoms with Crippen LogP contribution in [0.15, 0.2) is 22.0 Å². The number of nitrogens with one attached hydrogen (secondary N) is 1. The van der Waals surface area contributed by atoms with E-state index in [-0.39, 0.29) is 11.8 Å². The lowest BCUT2D eigenvalue weighted by Gasteiger charge is -2.18. The molecule has 0 bridgehead atoms. The highest BCUT2D eigenvalue weighted by Crippen LogP contribution is 2.22. The third kappa shape index (κ3) is 5.16. The Balaban J connectivity index is 2.62. The van der Waals surface area contributed by atoms with Crippen LogP contribution >= 0.6 is 27.3 Å². The summed E-state index contributed by atoms with van der Waals surface area (Å²) in [6, 6.07) is 3.18. The number of carbonyl (C=O) groups excluding carboxylic acids is 2. The maximum Gasteiger partial charge on any atom is 0.328 e. The van der Waals surface area contributed by atoms with Gasteiger partial charge < -0.3 is 10.1 Å². The van der Waals surface area contributed by atoms with Crippen molar-refractivity contribution in [3.63, 3.8) is 0 Å². The van der Waals surface area contributed by atoms with Gasteiger partial charge in [-0.3, -0.25) is 4.79 Å². The molecule has 0 spiro atoms. The van der Waals surface area contributed by atoms with Crippen molar-refractivity contribution in [3.8, 4) is 0 Å². The molecule has 1 unspecified atom stereocenters. The third-order valence-electron chi connectivity index (χ3n) is 2.41. The first kappa shape index (κ1) is 15.9. The van der Waals surface area contributed by atoms with Crippen molar-refractivity contribution in [1.82, 2.24) is 5.32 Å². The van der Waals surface area contributed by atoms with Crippen LogP contribution in [0.4, 0.5) is 0 Å². The predicted molar refractivity (Wildman–Crippen MR) is 79.8 cm³/mol. The van der Waals surface area contributed by atoms with Gasteiger partial charge >= 0.3 is 5.97 Å². The van der Waals surface area contributed by atoms with Gasteiger partial charge in [-0.05, 0) is 40.1 Å². The Morgan fingerprint density at radius 2 is 2.11 bits per heavy atom. The second-order valence-electron chi connectivity index (χ2n) is 4.23. The fourth-order valence-electron chi connectivity index (χ4n) is 1.40. The minimum absolute atomic E-state index is 0.0271. The standard InChI is InChI=1S/C13H16BrNO3S/c1-8(2)12(13(17)18-3)15-11(16)7-5-9-4-6-10(14)19-9/h4-8,12H,1-3H3,(H,15,16). The van der Waals surface area contributed by atoms with Gasteiger partial charge in [0.1, 0.15) is 6.04 Å². The van der Waals surface area contributed by atoms with Crippen LogP contribution in [0.1, 0.15) is 18.7 Å². The molecule has 1 aromatic heterocycles. The summed E-state index contributed by atoms with van der Waals surface area (Å²) in [5, 5.41) is 2.64. The Morgan fingerprint density at radius 1 is 1.42 bits per heavy atom. The van der Waals surface area contributed by atoms with E-state index in [2.05, 4.69) is 26.0 Å². The molecule has 1 amide bonds. The lowest BCUT2D eigenvalue weighted by Crippen LogP contribution is -2.44. The topological polar surface area (TPSA) is 55.4 Å². The number of rotatable bonds is 5. The summed E-state index contributed by atoms with van der Waals surface area (Å²) in [6.45, 7) is 3.70. The number of amides is 1. The molecule has 1 heterocycles. The highest BCUT2D eigenvalue weighted by atomic mass is 79.9. The first-order chi connectivity index (χ1) is 8.93. The van der Waals surface area contributed by atoms with Gasteiger partial charge in [0.2, 0.25) is 5.91 Å². The molecule has 19 heavy (non-hydrogen) atoms. The zero-order chi connectivity index (χ0) is 14.4. The van der Waals surface area contributed by atoms with Crippen LogP contribution in [0.2, 0.25) is 0 Å². The van der Waals surface area contributed by atoms with Crippen molar-refractivity contribution in [2.45, 2.75) is 19.9 Å². The summed E-state index contributed by atoms with van der Waals surface area (Å²) in [5.41, 5.74) is 0. The zero-order valence-corrected chi connectivity index (χ0v) is 13.4. The molecular formula is C13H16BrNO3S. The number of esters is 1. The summed E-state index contributed by atoms with van der Waals surface area (Å²) in [4.78, 5) is 24.2. The van der Waals surface area contributed by atoms with E-state index in [1.165, 1.54) is 24.5 Å². The van der Waals surface area contributed by atoms with Crippen LogP contribution in [0.3, 0.4) is 0 Å². The smallest absolute Gasteiger partial charge is 0.328 e. The fourth-order valence-corrected chi connectivity index (χ4v) is 2.73. The molecule has 1 atom stereocenters. The Hall–Kier alpha value is -1.14. The van der Waals surface area contributed by atoms with Gasteiger partial charge in [0.25, 0.3) is 0 Å². The van der Waals surface area contributed by atoms with Crippen molar-refractivity contribution in [3.05, 3.63) is 26.9 Å². The first-order valence-electron chi connectivity index (χ1n) is 5.75. The van der Waals surface area contributed by atoms with E-state index < -0.39 is 12.0 Å². The minimum atomic E-state index is -0.628. The molecule has 0 aliphatic rings. The SMILES string of the molecule is COC(=O)C(NC(=O)C=Cc1ccc(Br)s1)C(C)C. The van der Waals surface area contributed by atoms with E-state index >= 15 is 0 Å². The summed E-state index contributed by atoms with van der Waals surface area (Å²) in [7, 11) is 1.31. The van der Waals surface area contributed by atoms with Crippen molar-refractivity contribution in [2.75, 3.05) is 7.11 Å². The van der Waals surface area contributed by atoms with E-state index in [0.717, 1.165) is 8.66 Å². The molecular weight excluding hydrogens is 330 g/mol. The van der Waals surface area contributed by atoms with Gasteiger partial charge in [0, 0.05) is 11.0 Å². The van der Waals surface area contributed by atoms with Gasteiger partial charge in [-0.2, -0.15) is 0 Å². The first-order valence-corrected chi connectivity index (χ1v) is 7.36. The lowest BCUT2D eigenvalue weighted by atomic mass is 10.0. The molecule has 1 N–H and O–H groups in total. The average molecular weight is 346 g/mol. The number of methoxy groups -OCH3 is 1. The second kappa shape index (κ2) is 7.45. The number of carbonyl (C=O) groups is 2. The van der Waals surface area contributed by atoms with Crippen LogP contribution in [0.25, 0.3) is 6.08 Å². The molecule has 1 rings (SSSR count). The van der Waals surface area contributed by atoms with Gasteiger partial charge in [-0.1, -0.05) is 13.8 Å². The maximum absolute atomic E-state index is 11.7. The average Bonchev–Trinajstić information content (AvgIpc) is 2.78. The van der Waals surface area contributed by atoms with Gasteiger partial charge in [-0.25, -0.2) is 4.79 Å². The quantitative estimate of drug-likeness (QED) is 0.659. The number of hydrogen-bond donors (Lipinski definition) is 1. The van der Waals surface area contributed by atoms with Crippen LogP contribution < -0.4 is 5.32 Å². The van der Waals surface area contributed by atoms with Crippen molar-refractivity contribution >= 4 is 45.2 Å². The minimum Gasteiger partial charge on any atom is -0.467 e. The van der Waals surface area contributed by atoms with E-state index in [0.29, 0.717) is 0 Å². The highest BCUT2D eigenvalue weighted by Gasteiger charge is 2.23.